The molecule has 1 rings (SSSR count). The lowest BCUT2D eigenvalue weighted by Gasteiger charge is -2.29. The molecule has 0 bridgehead atoms. The maximum Gasteiger partial charge on any atom is 0.0223 e. The van der Waals surface area contributed by atoms with Gasteiger partial charge in [0.25, 0.3) is 0 Å². The van der Waals surface area contributed by atoms with Gasteiger partial charge in [0.1, 0.15) is 0 Å². The molecule has 1 fully saturated rings. The van der Waals surface area contributed by atoms with Crippen molar-refractivity contribution < 1.29 is 0 Å². The standard InChI is InChI=1S/C14H28ClN/c1-2-14-10-6-5-9-13-16(14)12-8-4-3-7-11-15/h14H,2-13H2,1H3. The van der Waals surface area contributed by atoms with Gasteiger partial charge in [0, 0.05) is 11.9 Å². The highest BCUT2D eigenvalue weighted by atomic mass is 35.5. The van der Waals surface area contributed by atoms with Crippen LogP contribution in [0.2, 0.25) is 0 Å². The summed E-state index contributed by atoms with van der Waals surface area (Å²) < 4.78 is 0. The molecule has 0 N–H and O–H groups in total. The van der Waals surface area contributed by atoms with Crippen molar-refractivity contribution in [1.82, 2.24) is 4.90 Å². The van der Waals surface area contributed by atoms with Crippen molar-refractivity contribution in [3.8, 4) is 0 Å². The van der Waals surface area contributed by atoms with Crippen LogP contribution in [0.25, 0.3) is 0 Å². The van der Waals surface area contributed by atoms with Gasteiger partial charge in [-0.25, -0.2) is 0 Å². The molecular weight excluding hydrogens is 218 g/mol. The summed E-state index contributed by atoms with van der Waals surface area (Å²) in [5.41, 5.74) is 0. The maximum atomic E-state index is 5.69. The third-order valence-corrected chi connectivity index (χ3v) is 4.07. The molecule has 0 aromatic carbocycles. The summed E-state index contributed by atoms with van der Waals surface area (Å²) in [4.78, 5) is 2.74. The Hall–Kier alpha value is 0.250. The monoisotopic (exact) mass is 245 g/mol. The van der Waals surface area contributed by atoms with Crippen molar-refractivity contribution in [2.24, 2.45) is 0 Å². The molecule has 0 spiro atoms. The van der Waals surface area contributed by atoms with Crippen molar-refractivity contribution in [3.63, 3.8) is 0 Å². The Kier molecular flexibility index (Phi) is 8.32. The second-order valence-corrected chi connectivity index (χ2v) is 5.43. The molecule has 0 amide bonds. The van der Waals surface area contributed by atoms with Crippen molar-refractivity contribution in [2.45, 2.75) is 70.8 Å². The molecule has 2 heteroatoms. The van der Waals surface area contributed by atoms with Crippen LogP contribution in [-0.2, 0) is 0 Å². The van der Waals surface area contributed by atoms with Crippen molar-refractivity contribution in [2.75, 3.05) is 19.0 Å². The average molecular weight is 246 g/mol. The Morgan fingerprint density at radius 3 is 2.62 bits per heavy atom. The third-order valence-electron chi connectivity index (χ3n) is 3.80. The number of nitrogens with zero attached hydrogens (tertiary/aromatic N) is 1. The molecule has 1 saturated heterocycles. The lowest BCUT2D eigenvalue weighted by molar-refractivity contribution is 0.190. The van der Waals surface area contributed by atoms with E-state index in [1.54, 1.807) is 0 Å². The van der Waals surface area contributed by atoms with Gasteiger partial charge in [-0.15, -0.1) is 11.6 Å². The minimum Gasteiger partial charge on any atom is -0.300 e. The highest BCUT2D eigenvalue weighted by molar-refractivity contribution is 6.17. The molecule has 1 atom stereocenters. The van der Waals surface area contributed by atoms with Crippen LogP contribution in [0.1, 0.15) is 64.7 Å². The van der Waals surface area contributed by atoms with E-state index in [4.69, 9.17) is 11.6 Å². The van der Waals surface area contributed by atoms with Gasteiger partial charge in [0.05, 0.1) is 0 Å². The quantitative estimate of drug-likeness (QED) is 0.474. The van der Waals surface area contributed by atoms with Crippen LogP contribution in [-0.4, -0.2) is 29.9 Å². The van der Waals surface area contributed by atoms with E-state index in [0.29, 0.717) is 0 Å². The molecule has 1 heterocycles. The Labute approximate surface area is 107 Å². The summed E-state index contributed by atoms with van der Waals surface area (Å²) in [5, 5.41) is 0. The van der Waals surface area contributed by atoms with Crippen molar-refractivity contribution >= 4 is 11.6 Å². The topological polar surface area (TPSA) is 3.24 Å². The number of unbranched alkanes of at least 4 members (excludes halogenated alkanes) is 3. The minimum absolute atomic E-state index is 0.835. The number of likely N-dealkylation sites (tertiary alicyclic amines) is 1. The zero-order valence-corrected chi connectivity index (χ0v) is 11.6. The van der Waals surface area contributed by atoms with E-state index in [0.717, 1.165) is 11.9 Å². The number of rotatable bonds is 7. The lowest BCUT2D eigenvalue weighted by Crippen LogP contribution is -2.35. The van der Waals surface area contributed by atoms with Gasteiger partial charge < -0.3 is 4.90 Å². The first-order valence-corrected chi connectivity index (χ1v) is 7.72. The Balaban J connectivity index is 2.15. The Bertz CT molecular complexity index is 161. The molecule has 1 nitrogen and oxygen atoms in total. The van der Waals surface area contributed by atoms with Crippen LogP contribution in [0.15, 0.2) is 0 Å². The molecule has 0 aliphatic carbocycles. The molecular formula is C14H28ClN. The SMILES string of the molecule is CCC1CCCCCN1CCCCCCCl. The van der Waals surface area contributed by atoms with E-state index in [9.17, 15) is 0 Å². The number of halogens is 1. The van der Waals surface area contributed by atoms with Gasteiger partial charge in [-0.05, 0) is 45.2 Å². The number of hydrogen-bond acceptors (Lipinski definition) is 1. The zero-order chi connectivity index (χ0) is 11.6. The first-order chi connectivity index (χ1) is 7.88. The number of alkyl halides is 1. The normalized spacial score (nSPS) is 23.2. The second kappa shape index (κ2) is 9.30. The summed E-state index contributed by atoms with van der Waals surface area (Å²) in [5.74, 6) is 0.835. The van der Waals surface area contributed by atoms with Crippen molar-refractivity contribution in [1.29, 1.82) is 0 Å². The largest absolute Gasteiger partial charge is 0.300 e. The molecule has 1 unspecified atom stereocenters. The van der Waals surface area contributed by atoms with Crippen LogP contribution in [0.3, 0.4) is 0 Å². The molecule has 0 aromatic rings. The lowest BCUT2D eigenvalue weighted by atomic mass is 10.1. The summed E-state index contributed by atoms with van der Waals surface area (Å²) in [6.45, 7) is 5.01. The van der Waals surface area contributed by atoms with E-state index >= 15 is 0 Å². The van der Waals surface area contributed by atoms with Crippen LogP contribution >= 0.6 is 11.6 Å². The second-order valence-electron chi connectivity index (χ2n) is 5.05. The van der Waals surface area contributed by atoms with E-state index < -0.39 is 0 Å². The van der Waals surface area contributed by atoms with Gasteiger partial charge in [-0.3, -0.25) is 0 Å². The fraction of sp³-hybridized carbons (Fsp3) is 1.00. The van der Waals surface area contributed by atoms with Gasteiger partial charge >= 0.3 is 0 Å². The predicted molar refractivity (Wildman–Crippen MR) is 73.3 cm³/mol. The molecule has 0 aromatic heterocycles. The smallest absolute Gasteiger partial charge is 0.0223 e. The maximum absolute atomic E-state index is 5.69. The Morgan fingerprint density at radius 2 is 1.88 bits per heavy atom. The Morgan fingerprint density at radius 1 is 1.06 bits per heavy atom. The van der Waals surface area contributed by atoms with Gasteiger partial charge in [-0.1, -0.05) is 32.6 Å². The van der Waals surface area contributed by atoms with E-state index in [-0.39, 0.29) is 0 Å². The van der Waals surface area contributed by atoms with Crippen molar-refractivity contribution in [3.05, 3.63) is 0 Å². The summed E-state index contributed by atoms with van der Waals surface area (Å²) in [6.07, 6.45) is 12.3. The zero-order valence-electron chi connectivity index (χ0n) is 10.9. The molecule has 0 radical (unpaired) electrons. The fourth-order valence-corrected chi connectivity index (χ4v) is 2.95. The van der Waals surface area contributed by atoms with Gasteiger partial charge in [0.15, 0.2) is 0 Å². The highest BCUT2D eigenvalue weighted by Gasteiger charge is 2.18. The fourth-order valence-electron chi connectivity index (χ4n) is 2.76. The van der Waals surface area contributed by atoms with Crippen LogP contribution in [0.5, 0.6) is 0 Å². The molecule has 96 valence electrons. The highest BCUT2D eigenvalue weighted by Crippen LogP contribution is 2.19. The third kappa shape index (κ3) is 5.54. The van der Waals surface area contributed by atoms with Gasteiger partial charge in [0.2, 0.25) is 0 Å². The van der Waals surface area contributed by atoms with Crippen LogP contribution in [0, 0.1) is 0 Å². The predicted octanol–water partition coefficient (Wildman–Crippen LogP) is 4.44. The molecule has 1 aliphatic rings. The van der Waals surface area contributed by atoms with Crippen LogP contribution < -0.4 is 0 Å². The molecule has 1 aliphatic heterocycles. The summed E-state index contributed by atoms with van der Waals surface area (Å²) >= 11 is 5.69. The first-order valence-electron chi connectivity index (χ1n) is 7.18. The number of hydrogen-bond donors (Lipinski definition) is 0. The van der Waals surface area contributed by atoms with E-state index in [1.807, 2.05) is 0 Å². The average Bonchev–Trinajstić information content (AvgIpc) is 2.53. The molecule has 16 heavy (non-hydrogen) atoms. The van der Waals surface area contributed by atoms with Gasteiger partial charge in [-0.2, -0.15) is 0 Å². The first kappa shape index (κ1) is 14.3. The van der Waals surface area contributed by atoms with E-state index in [1.165, 1.54) is 70.9 Å². The van der Waals surface area contributed by atoms with Crippen LogP contribution in [0.4, 0.5) is 0 Å². The van der Waals surface area contributed by atoms with E-state index in [2.05, 4.69) is 11.8 Å². The minimum atomic E-state index is 0.835. The molecule has 0 saturated carbocycles. The summed E-state index contributed by atoms with van der Waals surface area (Å²) in [7, 11) is 0. The summed E-state index contributed by atoms with van der Waals surface area (Å²) in [6, 6.07) is 0.871.